The molecule has 2 N–H and O–H groups in total. The standard InChI is InChI=1S/C25H21ClN6OS/c1-32(2)23-12-21-20(11-18(23)26)30-24(33)13-19(29-21)15-4-3-5-16(10-15)22-14-34-25(31-22)28-17-6-8-27-9-7-17/h3-12,14H,13H2,1-2H3,(H,30,33)(H,27,28,31). The molecule has 3 heterocycles. The van der Waals surface area contributed by atoms with E-state index in [1.807, 2.05) is 66.8 Å². The van der Waals surface area contributed by atoms with Crippen LogP contribution in [-0.2, 0) is 4.79 Å². The van der Waals surface area contributed by atoms with Crippen LogP contribution in [0.4, 0.5) is 27.9 Å². The van der Waals surface area contributed by atoms with Gasteiger partial charge in [0.15, 0.2) is 5.13 Å². The van der Waals surface area contributed by atoms with E-state index in [9.17, 15) is 4.79 Å². The number of thiazole rings is 1. The van der Waals surface area contributed by atoms with Gasteiger partial charge in [0.2, 0.25) is 5.91 Å². The van der Waals surface area contributed by atoms with Gasteiger partial charge in [-0.3, -0.25) is 14.8 Å². The molecule has 0 aliphatic carbocycles. The van der Waals surface area contributed by atoms with Crippen molar-refractivity contribution in [2.45, 2.75) is 6.42 Å². The molecule has 1 aliphatic rings. The molecule has 0 atom stereocenters. The van der Waals surface area contributed by atoms with E-state index in [0.717, 1.165) is 33.3 Å². The summed E-state index contributed by atoms with van der Waals surface area (Å²) in [5.74, 6) is -0.130. The topological polar surface area (TPSA) is 82.5 Å². The number of nitrogens with one attached hydrogen (secondary N) is 2. The molecule has 2 aromatic carbocycles. The van der Waals surface area contributed by atoms with Gasteiger partial charge in [0.1, 0.15) is 0 Å². The highest BCUT2D eigenvalue weighted by atomic mass is 35.5. The summed E-state index contributed by atoms with van der Waals surface area (Å²) in [5.41, 5.74) is 6.42. The quantitative estimate of drug-likeness (QED) is 0.353. The second-order valence-corrected chi connectivity index (χ2v) is 9.24. The molecule has 0 bridgehead atoms. The van der Waals surface area contributed by atoms with Gasteiger partial charge in [-0.1, -0.05) is 29.8 Å². The Morgan fingerprint density at radius 1 is 1.09 bits per heavy atom. The first kappa shape index (κ1) is 22.1. The van der Waals surface area contributed by atoms with E-state index < -0.39 is 0 Å². The number of benzene rings is 2. The zero-order chi connectivity index (χ0) is 23.7. The molecule has 1 aliphatic heterocycles. The first-order valence-electron chi connectivity index (χ1n) is 10.6. The number of hydrogen-bond acceptors (Lipinski definition) is 7. The molecule has 0 fully saturated rings. The van der Waals surface area contributed by atoms with Crippen molar-refractivity contribution in [2.75, 3.05) is 29.6 Å². The van der Waals surface area contributed by atoms with Crippen molar-refractivity contribution < 1.29 is 4.79 Å². The highest BCUT2D eigenvalue weighted by molar-refractivity contribution is 7.14. The van der Waals surface area contributed by atoms with Gasteiger partial charge in [-0.15, -0.1) is 11.3 Å². The van der Waals surface area contributed by atoms with Gasteiger partial charge < -0.3 is 15.5 Å². The Morgan fingerprint density at radius 3 is 2.68 bits per heavy atom. The molecule has 9 heteroatoms. The summed E-state index contributed by atoms with van der Waals surface area (Å²) in [4.78, 5) is 28.1. The van der Waals surface area contributed by atoms with Crippen LogP contribution >= 0.6 is 22.9 Å². The third kappa shape index (κ3) is 4.64. The van der Waals surface area contributed by atoms with Crippen LogP contribution in [0.1, 0.15) is 12.0 Å². The fourth-order valence-electron chi connectivity index (χ4n) is 3.66. The molecule has 34 heavy (non-hydrogen) atoms. The molecule has 7 nitrogen and oxygen atoms in total. The number of aliphatic imine (C=N–C) groups is 1. The largest absolute Gasteiger partial charge is 0.376 e. The summed E-state index contributed by atoms with van der Waals surface area (Å²) in [6.45, 7) is 0. The molecular formula is C25H21ClN6OS. The SMILES string of the molecule is CN(C)c1cc2c(cc1Cl)NC(=O)CC(c1cccc(-c3csc(Nc4ccncc4)n3)c1)=N2. The van der Waals surface area contributed by atoms with Gasteiger partial charge in [0.25, 0.3) is 0 Å². The van der Waals surface area contributed by atoms with Crippen LogP contribution in [0.2, 0.25) is 5.02 Å². The maximum Gasteiger partial charge on any atom is 0.230 e. The van der Waals surface area contributed by atoms with Crippen LogP contribution in [0.5, 0.6) is 0 Å². The summed E-state index contributed by atoms with van der Waals surface area (Å²) >= 11 is 7.92. The summed E-state index contributed by atoms with van der Waals surface area (Å²) < 4.78 is 0. The van der Waals surface area contributed by atoms with Crippen molar-refractivity contribution in [3.63, 3.8) is 0 Å². The number of amides is 1. The molecular weight excluding hydrogens is 468 g/mol. The van der Waals surface area contributed by atoms with E-state index in [1.165, 1.54) is 11.3 Å². The molecule has 4 aromatic rings. The molecule has 0 radical (unpaired) electrons. The van der Waals surface area contributed by atoms with E-state index in [-0.39, 0.29) is 12.3 Å². The van der Waals surface area contributed by atoms with Crippen LogP contribution in [-0.4, -0.2) is 35.7 Å². The van der Waals surface area contributed by atoms with Crippen molar-refractivity contribution in [1.82, 2.24) is 9.97 Å². The number of rotatable bonds is 5. The lowest BCUT2D eigenvalue weighted by molar-refractivity contribution is -0.115. The fourth-order valence-corrected chi connectivity index (χ4v) is 4.74. The molecule has 0 saturated heterocycles. The minimum absolute atomic E-state index is 0.130. The van der Waals surface area contributed by atoms with E-state index in [0.29, 0.717) is 22.1 Å². The minimum atomic E-state index is -0.130. The predicted octanol–water partition coefficient (Wildman–Crippen LogP) is 6.13. The number of carbonyl (C=O) groups is 1. The maximum absolute atomic E-state index is 12.6. The summed E-state index contributed by atoms with van der Waals surface area (Å²) in [6.07, 6.45) is 3.63. The van der Waals surface area contributed by atoms with Crippen LogP contribution < -0.4 is 15.5 Å². The lowest BCUT2D eigenvalue weighted by Gasteiger charge is -2.16. The number of hydrogen-bond donors (Lipinski definition) is 2. The summed E-state index contributed by atoms with van der Waals surface area (Å²) in [7, 11) is 3.84. The van der Waals surface area contributed by atoms with Crippen molar-refractivity contribution >= 4 is 62.4 Å². The summed E-state index contributed by atoms with van der Waals surface area (Å²) in [5, 5.41) is 9.57. The third-order valence-corrected chi connectivity index (χ3v) is 6.39. The molecule has 0 spiro atoms. The average Bonchev–Trinajstić information content (AvgIpc) is 3.22. The Kier molecular flexibility index (Phi) is 6.00. The normalized spacial score (nSPS) is 12.9. The van der Waals surface area contributed by atoms with Crippen molar-refractivity contribution in [3.05, 3.63) is 76.9 Å². The lowest BCUT2D eigenvalue weighted by atomic mass is 10.0. The van der Waals surface area contributed by atoms with Crippen LogP contribution in [0.25, 0.3) is 11.3 Å². The van der Waals surface area contributed by atoms with E-state index in [1.54, 1.807) is 18.5 Å². The van der Waals surface area contributed by atoms with Crippen molar-refractivity contribution in [1.29, 1.82) is 0 Å². The number of nitrogens with zero attached hydrogens (tertiary/aromatic N) is 4. The lowest BCUT2D eigenvalue weighted by Crippen LogP contribution is -2.15. The van der Waals surface area contributed by atoms with Crippen LogP contribution in [0.15, 0.2) is 71.3 Å². The number of anilines is 4. The fraction of sp³-hybridized carbons (Fsp3) is 0.120. The summed E-state index contributed by atoms with van der Waals surface area (Å²) in [6, 6.07) is 15.4. The third-order valence-electron chi connectivity index (χ3n) is 5.33. The predicted molar refractivity (Wildman–Crippen MR) is 140 cm³/mol. The first-order chi connectivity index (χ1) is 16.5. The number of halogens is 1. The zero-order valence-electron chi connectivity index (χ0n) is 18.5. The van der Waals surface area contributed by atoms with E-state index in [4.69, 9.17) is 21.6 Å². The van der Waals surface area contributed by atoms with Gasteiger partial charge >= 0.3 is 0 Å². The Bertz CT molecular complexity index is 1400. The first-order valence-corrected chi connectivity index (χ1v) is 11.8. The van der Waals surface area contributed by atoms with Gasteiger partial charge in [-0.25, -0.2) is 4.98 Å². The second-order valence-electron chi connectivity index (χ2n) is 7.98. The van der Waals surface area contributed by atoms with Crippen molar-refractivity contribution in [3.8, 4) is 11.3 Å². The van der Waals surface area contributed by atoms with Gasteiger partial charge in [-0.05, 0) is 35.9 Å². The van der Waals surface area contributed by atoms with Gasteiger partial charge in [0, 0.05) is 43.1 Å². The molecule has 0 saturated carbocycles. The van der Waals surface area contributed by atoms with Gasteiger partial charge in [-0.2, -0.15) is 0 Å². The minimum Gasteiger partial charge on any atom is -0.376 e. The number of fused-ring (bicyclic) bond motifs is 1. The van der Waals surface area contributed by atoms with E-state index in [2.05, 4.69) is 15.6 Å². The van der Waals surface area contributed by atoms with Gasteiger partial charge in [0.05, 0.1) is 39.9 Å². The molecule has 5 rings (SSSR count). The second kappa shape index (κ2) is 9.24. The molecule has 2 aromatic heterocycles. The van der Waals surface area contributed by atoms with E-state index >= 15 is 0 Å². The Balaban J connectivity index is 1.48. The van der Waals surface area contributed by atoms with Crippen molar-refractivity contribution in [2.24, 2.45) is 4.99 Å². The molecule has 1 amide bonds. The number of pyridine rings is 1. The highest BCUT2D eigenvalue weighted by Crippen LogP contribution is 2.38. The highest BCUT2D eigenvalue weighted by Gasteiger charge is 2.20. The monoisotopic (exact) mass is 488 g/mol. The molecule has 0 unspecified atom stereocenters. The zero-order valence-corrected chi connectivity index (χ0v) is 20.1. The smallest absolute Gasteiger partial charge is 0.230 e. The number of aromatic nitrogens is 2. The van der Waals surface area contributed by atoms with Crippen LogP contribution in [0.3, 0.4) is 0 Å². The Labute approximate surface area is 206 Å². The average molecular weight is 489 g/mol. The maximum atomic E-state index is 12.6. The Morgan fingerprint density at radius 2 is 1.88 bits per heavy atom. The van der Waals surface area contributed by atoms with Crippen LogP contribution in [0, 0.1) is 0 Å². The number of carbonyl (C=O) groups excluding carboxylic acids is 1. The Hall–Kier alpha value is -3.75. The molecule has 170 valence electrons.